The van der Waals surface area contributed by atoms with Crippen molar-refractivity contribution in [3.63, 3.8) is 0 Å². The van der Waals surface area contributed by atoms with Crippen LogP contribution < -0.4 is 0 Å². The monoisotopic (exact) mass is 389 g/mol. The van der Waals surface area contributed by atoms with Crippen molar-refractivity contribution in [2.24, 2.45) is 22.7 Å². The van der Waals surface area contributed by atoms with Gasteiger partial charge >= 0.3 is 0 Å². The van der Waals surface area contributed by atoms with E-state index in [2.05, 4.69) is 42.4 Å². The van der Waals surface area contributed by atoms with Crippen LogP contribution in [0.3, 0.4) is 0 Å². The molecule has 4 rings (SSSR count). The van der Waals surface area contributed by atoms with Crippen LogP contribution in [0.15, 0.2) is 0 Å². The lowest BCUT2D eigenvalue weighted by Crippen LogP contribution is -2.61. The molecule has 1 spiro atoms. The first-order valence-electron chi connectivity index (χ1n) is 12.6. The van der Waals surface area contributed by atoms with Crippen LogP contribution in [0.2, 0.25) is 0 Å². The molecule has 4 fully saturated rings. The van der Waals surface area contributed by atoms with Gasteiger partial charge in [0.05, 0.1) is 0 Å². The first-order valence-corrected chi connectivity index (χ1v) is 12.6. The lowest BCUT2D eigenvalue weighted by molar-refractivity contribution is -0.0612. The summed E-state index contributed by atoms with van der Waals surface area (Å²) in [5, 5.41) is 0. The van der Waals surface area contributed by atoms with Crippen LogP contribution in [0, 0.1) is 22.7 Å². The van der Waals surface area contributed by atoms with Gasteiger partial charge in [-0.1, -0.05) is 20.3 Å². The summed E-state index contributed by atoms with van der Waals surface area (Å²) < 4.78 is 0. The molecule has 0 amide bonds. The number of likely N-dealkylation sites (tertiary alicyclic amines) is 3. The normalized spacial score (nSPS) is 29.9. The standard InChI is InChI=1S/C25H47N3/c1-5-22(4)16-24(8-9-24)18-26-12-6-23(7-13-26)17-27-19-25(20-27)10-14-28(15-11-25)21(2)3/h21-23H,5-20H2,1-4H3. The summed E-state index contributed by atoms with van der Waals surface area (Å²) in [6.07, 6.45) is 11.6. The van der Waals surface area contributed by atoms with Crippen molar-refractivity contribution >= 4 is 0 Å². The zero-order chi connectivity index (χ0) is 19.8. The van der Waals surface area contributed by atoms with E-state index in [4.69, 9.17) is 0 Å². The molecule has 0 aromatic carbocycles. The summed E-state index contributed by atoms with van der Waals surface area (Å²) in [5.41, 5.74) is 1.41. The van der Waals surface area contributed by atoms with Gasteiger partial charge < -0.3 is 14.7 Å². The highest BCUT2D eigenvalue weighted by molar-refractivity contribution is 5.00. The molecule has 162 valence electrons. The van der Waals surface area contributed by atoms with Crippen LogP contribution in [0.1, 0.15) is 79.1 Å². The molecule has 0 aromatic heterocycles. The molecule has 0 bridgehead atoms. The lowest BCUT2D eigenvalue weighted by atomic mass is 9.71. The molecular weight excluding hydrogens is 342 g/mol. The quantitative estimate of drug-likeness (QED) is 0.595. The Bertz CT molecular complexity index is 488. The largest absolute Gasteiger partial charge is 0.303 e. The van der Waals surface area contributed by atoms with E-state index >= 15 is 0 Å². The fraction of sp³-hybridized carbons (Fsp3) is 1.00. The minimum Gasteiger partial charge on any atom is -0.303 e. The number of hydrogen-bond acceptors (Lipinski definition) is 3. The summed E-state index contributed by atoms with van der Waals surface area (Å²) >= 11 is 0. The van der Waals surface area contributed by atoms with Gasteiger partial charge in [0, 0.05) is 32.2 Å². The SMILES string of the molecule is CCC(C)CC1(CN2CCC(CN3CC4(CCN(C(C)C)CC4)C3)CC2)CC1. The molecule has 0 radical (unpaired) electrons. The third kappa shape index (κ3) is 4.95. The van der Waals surface area contributed by atoms with Crippen molar-refractivity contribution in [1.29, 1.82) is 0 Å². The highest BCUT2D eigenvalue weighted by Crippen LogP contribution is 2.52. The van der Waals surface area contributed by atoms with E-state index in [9.17, 15) is 0 Å². The Hall–Kier alpha value is -0.120. The van der Waals surface area contributed by atoms with Gasteiger partial charge in [-0.15, -0.1) is 0 Å². The van der Waals surface area contributed by atoms with E-state index in [1.165, 1.54) is 104 Å². The van der Waals surface area contributed by atoms with Crippen LogP contribution in [0.5, 0.6) is 0 Å². The third-order valence-electron chi connectivity index (χ3n) is 8.93. The number of nitrogens with zero attached hydrogens (tertiary/aromatic N) is 3. The molecule has 3 saturated heterocycles. The second-order valence-electron chi connectivity index (χ2n) is 11.7. The van der Waals surface area contributed by atoms with Gasteiger partial charge in [0.2, 0.25) is 0 Å². The Balaban J connectivity index is 1.13. The van der Waals surface area contributed by atoms with Crippen molar-refractivity contribution in [3.05, 3.63) is 0 Å². The van der Waals surface area contributed by atoms with Gasteiger partial charge in [0.1, 0.15) is 0 Å². The molecule has 4 aliphatic rings. The highest BCUT2D eigenvalue weighted by atomic mass is 15.2. The van der Waals surface area contributed by atoms with E-state index < -0.39 is 0 Å². The van der Waals surface area contributed by atoms with Gasteiger partial charge in [0.15, 0.2) is 0 Å². The summed E-state index contributed by atoms with van der Waals surface area (Å²) in [7, 11) is 0. The molecule has 0 aromatic rings. The highest BCUT2D eigenvalue weighted by Gasteiger charge is 2.46. The predicted molar refractivity (Wildman–Crippen MR) is 120 cm³/mol. The molecule has 1 saturated carbocycles. The lowest BCUT2D eigenvalue weighted by Gasteiger charge is -2.55. The summed E-state index contributed by atoms with van der Waals surface area (Å²) in [4.78, 5) is 8.30. The smallest absolute Gasteiger partial charge is 0.00516 e. The zero-order valence-electron chi connectivity index (χ0n) is 19.4. The second kappa shape index (κ2) is 8.55. The van der Waals surface area contributed by atoms with Crippen molar-refractivity contribution in [1.82, 2.24) is 14.7 Å². The van der Waals surface area contributed by atoms with Crippen molar-refractivity contribution in [2.75, 3.05) is 52.4 Å². The minimum atomic E-state index is 0.695. The maximum Gasteiger partial charge on any atom is 0.00516 e. The van der Waals surface area contributed by atoms with Gasteiger partial charge in [0.25, 0.3) is 0 Å². The number of hydrogen-bond donors (Lipinski definition) is 0. The number of piperidine rings is 2. The molecule has 0 N–H and O–H groups in total. The molecule has 3 nitrogen and oxygen atoms in total. The van der Waals surface area contributed by atoms with Crippen LogP contribution in [0.25, 0.3) is 0 Å². The third-order valence-corrected chi connectivity index (χ3v) is 8.93. The Labute approximate surface area is 175 Å². The van der Waals surface area contributed by atoms with E-state index in [0.29, 0.717) is 5.41 Å². The Kier molecular flexibility index (Phi) is 6.45. The fourth-order valence-corrected chi connectivity index (χ4v) is 6.52. The zero-order valence-corrected chi connectivity index (χ0v) is 19.4. The Morgan fingerprint density at radius 1 is 0.857 bits per heavy atom. The first-order chi connectivity index (χ1) is 13.4. The fourth-order valence-electron chi connectivity index (χ4n) is 6.52. The first kappa shape index (κ1) is 21.1. The van der Waals surface area contributed by atoms with E-state index in [1.54, 1.807) is 0 Å². The Morgan fingerprint density at radius 3 is 2.04 bits per heavy atom. The number of rotatable bonds is 8. The molecule has 3 heteroatoms. The summed E-state index contributed by atoms with van der Waals surface area (Å²) in [6, 6.07) is 0.735. The van der Waals surface area contributed by atoms with Gasteiger partial charge in [-0.25, -0.2) is 0 Å². The molecule has 28 heavy (non-hydrogen) atoms. The molecule has 1 atom stereocenters. The van der Waals surface area contributed by atoms with Crippen molar-refractivity contribution in [3.8, 4) is 0 Å². The molecular formula is C25H47N3. The van der Waals surface area contributed by atoms with Crippen LogP contribution in [0.4, 0.5) is 0 Å². The minimum absolute atomic E-state index is 0.695. The van der Waals surface area contributed by atoms with Crippen LogP contribution in [-0.2, 0) is 0 Å². The van der Waals surface area contributed by atoms with E-state index in [1.807, 2.05) is 0 Å². The maximum absolute atomic E-state index is 2.82. The molecule has 1 unspecified atom stereocenters. The Morgan fingerprint density at radius 2 is 1.50 bits per heavy atom. The van der Waals surface area contributed by atoms with E-state index in [-0.39, 0.29) is 0 Å². The summed E-state index contributed by atoms with van der Waals surface area (Å²) in [5.74, 6) is 1.89. The summed E-state index contributed by atoms with van der Waals surface area (Å²) in [6.45, 7) is 20.5. The van der Waals surface area contributed by atoms with Gasteiger partial charge in [-0.05, 0) is 108 Å². The van der Waals surface area contributed by atoms with E-state index in [0.717, 1.165) is 23.3 Å². The topological polar surface area (TPSA) is 9.72 Å². The molecule has 1 aliphatic carbocycles. The van der Waals surface area contributed by atoms with Crippen LogP contribution >= 0.6 is 0 Å². The predicted octanol–water partition coefficient (Wildman–Crippen LogP) is 4.72. The van der Waals surface area contributed by atoms with Gasteiger partial charge in [-0.3, -0.25) is 0 Å². The maximum atomic E-state index is 2.82. The van der Waals surface area contributed by atoms with Crippen molar-refractivity contribution < 1.29 is 0 Å². The molecule has 3 aliphatic heterocycles. The molecule has 3 heterocycles. The van der Waals surface area contributed by atoms with Crippen LogP contribution in [-0.4, -0.2) is 73.1 Å². The van der Waals surface area contributed by atoms with Gasteiger partial charge in [-0.2, -0.15) is 0 Å². The second-order valence-corrected chi connectivity index (χ2v) is 11.7. The average Bonchev–Trinajstić information content (AvgIpc) is 3.41. The average molecular weight is 390 g/mol. The van der Waals surface area contributed by atoms with Crippen molar-refractivity contribution in [2.45, 2.75) is 85.1 Å².